The zero-order valence-corrected chi connectivity index (χ0v) is 9.90. The average molecular weight is 222 g/mol. The van der Waals surface area contributed by atoms with Crippen LogP contribution in [0, 0.1) is 0 Å². The monoisotopic (exact) mass is 222 g/mol. The number of amides is 1. The first-order valence-corrected chi connectivity index (χ1v) is 5.76. The molecule has 1 fully saturated rings. The van der Waals surface area contributed by atoms with Gasteiger partial charge in [0.1, 0.15) is 12.0 Å². The largest absolute Gasteiger partial charge is 0.469 e. The van der Waals surface area contributed by atoms with Crippen molar-refractivity contribution in [1.82, 2.24) is 9.80 Å². The molecule has 4 nitrogen and oxygen atoms in total. The topological polar surface area (TPSA) is 36.7 Å². The second kappa shape index (κ2) is 4.70. The third kappa shape index (κ3) is 2.27. The Morgan fingerprint density at radius 2 is 2.06 bits per heavy atom. The minimum Gasteiger partial charge on any atom is -0.469 e. The molecule has 16 heavy (non-hydrogen) atoms. The Balaban J connectivity index is 2.01. The Morgan fingerprint density at radius 3 is 2.62 bits per heavy atom. The van der Waals surface area contributed by atoms with Crippen molar-refractivity contribution in [2.24, 2.45) is 0 Å². The van der Waals surface area contributed by atoms with E-state index in [0.717, 1.165) is 38.4 Å². The molecule has 1 saturated heterocycles. The van der Waals surface area contributed by atoms with Gasteiger partial charge in [-0.1, -0.05) is 6.92 Å². The van der Waals surface area contributed by atoms with Crippen LogP contribution in [-0.2, 0) is 6.42 Å². The van der Waals surface area contributed by atoms with Gasteiger partial charge in [0.15, 0.2) is 0 Å². The van der Waals surface area contributed by atoms with Crippen LogP contribution >= 0.6 is 0 Å². The highest BCUT2D eigenvalue weighted by molar-refractivity contribution is 5.94. The second-order valence-electron chi connectivity index (χ2n) is 4.25. The smallest absolute Gasteiger partial charge is 0.257 e. The summed E-state index contributed by atoms with van der Waals surface area (Å²) in [6.07, 6.45) is 2.40. The molecule has 0 bridgehead atoms. The second-order valence-corrected chi connectivity index (χ2v) is 4.25. The first kappa shape index (κ1) is 11.2. The van der Waals surface area contributed by atoms with Gasteiger partial charge in [0.25, 0.3) is 5.91 Å². The van der Waals surface area contributed by atoms with Crippen molar-refractivity contribution in [2.45, 2.75) is 13.3 Å². The number of hydrogen-bond donors (Lipinski definition) is 0. The van der Waals surface area contributed by atoms with Gasteiger partial charge in [-0.2, -0.15) is 0 Å². The number of carbonyl (C=O) groups is 1. The Bertz CT molecular complexity index is 365. The van der Waals surface area contributed by atoms with E-state index in [1.165, 1.54) is 0 Å². The first-order chi connectivity index (χ1) is 7.70. The van der Waals surface area contributed by atoms with E-state index in [-0.39, 0.29) is 5.91 Å². The van der Waals surface area contributed by atoms with E-state index >= 15 is 0 Å². The number of rotatable bonds is 2. The lowest BCUT2D eigenvalue weighted by atomic mass is 10.2. The molecule has 1 aromatic rings. The lowest BCUT2D eigenvalue weighted by Gasteiger charge is -2.32. The van der Waals surface area contributed by atoms with Crippen molar-refractivity contribution in [1.29, 1.82) is 0 Å². The van der Waals surface area contributed by atoms with Gasteiger partial charge in [-0.05, 0) is 13.1 Å². The molecule has 0 radical (unpaired) electrons. The van der Waals surface area contributed by atoms with Crippen molar-refractivity contribution in [3.8, 4) is 0 Å². The fourth-order valence-corrected chi connectivity index (χ4v) is 1.87. The number of hydrogen-bond acceptors (Lipinski definition) is 3. The minimum atomic E-state index is 0.0940. The van der Waals surface area contributed by atoms with Crippen LogP contribution in [0.2, 0.25) is 0 Å². The van der Waals surface area contributed by atoms with Crippen LogP contribution in [0.15, 0.2) is 16.7 Å². The molecule has 0 atom stereocenters. The first-order valence-electron chi connectivity index (χ1n) is 5.76. The van der Waals surface area contributed by atoms with E-state index in [9.17, 15) is 4.79 Å². The Hall–Kier alpha value is -1.29. The lowest BCUT2D eigenvalue weighted by Crippen LogP contribution is -2.47. The predicted molar refractivity (Wildman–Crippen MR) is 61.5 cm³/mol. The third-order valence-corrected chi connectivity index (χ3v) is 3.04. The fourth-order valence-electron chi connectivity index (χ4n) is 1.87. The van der Waals surface area contributed by atoms with Crippen molar-refractivity contribution in [3.05, 3.63) is 23.7 Å². The Morgan fingerprint density at radius 1 is 1.38 bits per heavy atom. The standard InChI is InChI=1S/C12H18N2O2/c1-3-11-8-10(9-16-11)12(15)14-6-4-13(2)5-7-14/h8-9H,3-7H2,1-2H3. The number of likely N-dealkylation sites (N-methyl/N-ethyl adjacent to an activating group) is 1. The van der Waals surface area contributed by atoms with Crippen molar-refractivity contribution in [2.75, 3.05) is 33.2 Å². The molecule has 1 amide bonds. The van der Waals surface area contributed by atoms with Crippen LogP contribution in [-0.4, -0.2) is 48.9 Å². The third-order valence-electron chi connectivity index (χ3n) is 3.04. The Labute approximate surface area is 95.8 Å². The summed E-state index contributed by atoms with van der Waals surface area (Å²) in [7, 11) is 2.08. The molecule has 2 heterocycles. The van der Waals surface area contributed by atoms with Crippen LogP contribution in [0.5, 0.6) is 0 Å². The van der Waals surface area contributed by atoms with Gasteiger partial charge in [0.2, 0.25) is 0 Å². The van der Waals surface area contributed by atoms with E-state index in [1.54, 1.807) is 6.26 Å². The number of piperazine rings is 1. The van der Waals surface area contributed by atoms with E-state index in [4.69, 9.17) is 4.42 Å². The number of furan rings is 1. The maximum absolute atomic E-state index is 12.1. The molecule has 0 saturated carbocycles. The summed E-state index contributed by atoms with van der Waals surface area (Å²) in [5, 5.41) is 0. The van der Waals surface area contributed by atoms with E-state index < -0.39 is 0 Å². The maximum atomic E-state index is 12.1. The molecule has 2 rings (SSSR count). The molecular weight excluding hydrogens is 204 g/mol. The van der Waals surface area contributed by atoms with Gasteiger partial charge in [0, 0.05) is 32.6 Å². The lowest BCUT2D eigenvalue weighted by molar-refractivity contribution is 0.0663. The normalized spacial score (nSPS) is 17.8. The number of carbonyl (C=O) groups excluding carboxylic acids is 1. The molecule has 4 heteroatoms. The van der Waals surface area contributed by atoms with Gasteiger partial charge >= 0.3 is 0 Å². The van der Waals surface area contributed by atoms with Gasteiger partial charge in [-0.25, -0.2) is 0 Å². The van der Waals surface area contributed by atoms with E-state index in [0.29, 0.717) is 5.56 Å². The number of aryl methyl sites for hydroxylation is 1. The van der Waals surface area contributed by atoms with Gasteiger partial charge in [-0.3, -0.25) is 4.79 Å². The summed E-state index contributed by atoms with van der Waals surface area (Å²) in [5.74, 6) is 0.967. The molecule has 0 N–H and O–H groups in total. The Kier molecular flexibility index (Phi) is 3.29. The highest BCUT2D eigenvalue weighted by Crippen LogP contribution is 2.12. The van der Waals surface area contributed by atoms with Gasteiger partial charge in [0.05, 0.1) is 5.56 Å². The van der Waals surface area contributed by atoms with E-state index in [1.807, 2.05) is 17.9 Å². The molecule has 0 aromatic carbocycles. The summed E-state index contributed by atoms with van der Waals surface area (Å²) in [6.45, 7) is 5.53. The molecule has 1 aliphatic rings. The van der Waals surface area contributed by atoms with Crippen LogP contribution in [0.25, 0.3) is 0 Å². The molecule has 0 spiro atoms. The molecule has 1 aliphatic heterocycles. The SMILES string of the molecule is CCc1cc(C(=O)N2CCN(C)CC2)co1. The maximum Gasteiger partial charge on any atom is 0.257 e. The zero-order valence-electron chi connectivity index (χ0n) is 9.90. The van der Waals surface area contributed by atoms with Crippen LogP contribution < -0.4 is 0 Å². The van der Waals surface area contributed by atoms with Gasteiger partial charge in [-0.15, -0.1) is 0 Å². The molecular formula is C12H18N2O2. The highest BCUT2D eigenvalue weighted by Gasteiger charge is 2.21. The van der Waals surface area contributed by atoms with Gasteiger partial charge < -0.3 is 14.2 Å². The molecule has 0 aliphatic carbocycles. The van der Waals surface area contributed by atoms with Crippen molar-refractivity contribution >= 4 is 5.91 Å². The average Bonchev–Trinajstić information content (AvgIpc) is 2.77. The minimum absolute atomic E-state index is 0.0940. The van der Waals surface area contributed by atoms with Crippen LogP contribution in [0.1, 0.15) is 23.0 Å². The predicted octanol–water partition coefficient (Wildman–Crippen LogP) is 1.23. The summed E-state index contributed by atoms with van der Waals surface area (Å²) in [6, 6.07) is 1.85. The summed E-state index contributed by atoms with van der Waals surface area (Å²) in [5.41, 5.74) is 0.682. The van der Waals surface area contributed by atoms with Crippen molar-refractivity contribution in [3.63, 3.8) is 0 Å². The molecule has 1 aromatic heterocycles. The quantitative estimate of drug-likeness (QED) is 0.755. The summed E-state index contributed by atoms with van der Waals surface area (Å²) >= 11 is 0. The zero-order chi connectivity index (χ0) is 11.5. The van der Waals surface area contributed by atoms with Crippen molar-refractivity contribution < 1.29 is 9.21 Å². The number of nitrogens with zero attached hydrogens (tertiary/aromatic N) is 2. The van der Waals surface area contributed by atoms with Crippen LogP contribution in [0.3, 0.4) is 0 Å². The van der Waals surface area contributed by atoms with E-state index in [2.05, 4.69) is 11.9 Å². The fraction of sp³-hybridized carbons (Fsp3) is 0.583. The summed E-state index contributed by atoms with van der Waals surface area (Å²) in [4.78, 5) is 16.2. The summed E-state index contributed by atoms with van der Waals surface area (Å²) < 4.78 is 5.29. The highest BCUT2D eigenvalue weighted by atomic mass is 16.3. The molecule has 0 unspecified atom stereocenters. The molecule has 88 valence electrons. The van der Waals surface area contributed by atoms with Crippen LogP contribution in [0.4, 0.5) is 0 Å².